The highest BCUT2D eigenvalue weighted by atomic mass is 32.1. The van der Waals surface area contributed by atoms with Gasteiger partial charge in [0.25, 0.3) is 0 Å². The Morgan fingerprint density at radius 2 is 1.86 bits per heavy atom. The molecule has 0 fully saturated rings. The fourth-order valence-corrected chi connectivity index (χ4v) is 2.82. The lowest BCUT2D eigenvalue weighted by Gasteiger charge is -2.19. The fraction of sp³-hybridized carbons (Fsp3) is 0.375. The fourth-order valence-electron chi connectivity index (χ4n) is 1.86. The number of nitrogens with zero attached hydrogens (tertiary/aromatic N) is 3. The monoisotopic (exact) mass is 318 g/mol. The third-order valence-corrected chi connectivity index (χ3v) is 4.39. The van der Waals surface area contributed by atoms with Gasteiger partial charge in [-0.15, -0.1) is 0 Å². The number of anilines is 1. The number of carbonyl (C=O) groups is 1. The largest absolute Gasteiger partial charge is 0.326 e. The molecule has 118 valence electrons. The van der Waals surface area contributed by atoms with Crippen LogP contribution in [0.15, 0.2) is 30.3 Å². The van der Waals surface area contributed by atoms with Crippen LogP contribution < -0.4 is 5.32 Å². The van der Waals surface area contributed by atoms with E-state index in [1.54, 1.807) is 11.9 Å². The van der Waals surface area contributed by atoms with Gasteiger partial charge < -0.3 is 9.80 Å². The number of urea groups is 1. The molecule has 0 saturated carbocycles. The van der Waals surface area contributed by atoms with Crippen LogP contribution in [0.1, 0.15) is 5.69 Å². The lowest BCUT2D eigenvalue weighted by molar-refractivity contribution is 0.217. The highest BCUT2D eigenvalue weighted by molar-refractivity contribution is 7.19. The number of nitrogens with one attached hydrogen (secondary N) is 1. The van der Waals surface area contributed by atoms with Crippen LogP contribution in [0.4, 0.5) is 9.80 Å². The molecule has 0 aliphatic heterocycles. The van der Waals surface area contributed by atoms with Crippen molar-refractivity contribution >= 4 is 22.4 Å². The van der Waals surface area contributed by atoms with Crippen molar-refractivity contribution in [3.8, 4) is 10.6 Å². The second kappa shape index (κ2) is 7.38. The third kappa shape index (κ3) is 4.29. The van der Waals surface area contributed by atoms with Crippen LogP contribution in [0.3, 0.4) is 0 Å². The van der Waals surface area contributed by atoms with Gasteiger partial charge in [-0.05, 0) is 21.0 Å². The Balaban J connectivity index is 2.04. The molecule has 0 unspecified atom stereocenters. The second-order valence-electron chi connectivity index (χ2n) is 5.45. The van der Waals surface area contributed by atoms with Crippen LogP contribution in [-0.2, 0) is 0 Å². The van der Waals surface area contributed by atoms with Gasteiger partial charge in [-0.25, -0.2) is 9.78 Å². The summed E-state index contributed by atoms with van der Waals surface area (Å²) in [5.41, 5.74) is 1.91. The minimum atomic E-state index is -0.104. The summed E-state index contributed by atoms with van der Waals surface area (Å²) in [4.78, 5) is 20.5. The molecule has 22 heavy (non-hydrogen) atoms. The molecule has 5 nitrogen and oxygen atoms in total. The van der Waals surface area contributed by atoms with Crippen LogP contribution in [0.2, 0.25) is 0 Å². The first-order valence-corrected chi connectivity index (χ1v) is 7.98. The van der Waals surface area contributed by atoms with E-state index in [2.05, 4.69) is 15.2 Å². The molecule has 0 radical (unpaired) electrons. The molecule has 2 aromatic rings. The molecule has 0 atom stereocenters. The van der Waals surface area contributed by atoms with E-state index in [0.29, 0.717) is 6.54 Å². The first kappa shape index (κ1) is 16.5. The van der Waals surface area contributed by atoms with Gasteiger partial charge in [-0.3, -0.25) is 5.32 Å². The number of amides is 2. The number of thiazole rings is 1. The number of hydrogen-bond acceptors (Lipinski definition) is 4. The van der Waals surface area contributed by atoms with Gasteiger partial charge in [0.05, 0.1) is 5.69 Å². The summed E-state index contributed by atoms with van der Waals surface area (Å²) in [6.07, 6.45) is 0. The zero-order chi connectivity index (χ0) is 16.1. The Labute approximate surface area is 135 Å². The molecule has 1 N–H and O–H groups in total. The Kier molecular flexibility index (Phi) is 5.51. The van der Waals surface area contributed by atoms with Crippen molar-refractivity contribution in [1.82, 2.24) is 14.8 Å². The molecular weight excluding hydrogens is 296 g/mol. The van der Waals surface area contributed by atoms with E-state index in [4.69, 9.17) is 0 Å². The van der Waals surface area contributed by atoms with Crippen LogP contribution >= 0.6 is 11.3 Å². The van der Waals surface area contributed by atoms with Crippen molar-refractivity contribution in [2.75, 3.05) is 39.5 Å². The molecule has 0 saturated heterocycles. The molecule has 0 aliphatic carbocycles. The smallest absolute Gasteiger partial charge is 0.322 e. The first-order valence-electron chi connectivity index (χ1n) is 7.17. The topological polar surface area (TPSA) is 48.5 Å². The zero-order valence-electron chi connectivity index (χ0n) is 13.5. The lowest BCUT2D eigenvalue weighted by atomic mass is 10.2. The van der Waals surface area contributed by atoms with E-state index >= 15 is 0 Å². The average Bonchev–Trinajstić information content (AvgIpc) is 2.86. The van der Waals surface area contributed by atoms with Crippen LogP contribution in [0.25, 0.3) is 10.6 Å². The maximum atomic E-state index is 12.2. The van der Waals surface area contributed by atoms with E-state index in [1.807, 2.05) is 51.4 Å². The lowest BCUT2D eigenvalue weighted by Crippen LogP contribution is -2.36. The van der Waals surface area contributed by atoms with E-state index in [9.17, 15) is 4.79 Å². The minimum absolute atomic E-state index is 0.104. The first-order chi connectivity index (χ1) is 10.5. The molecule has 0 bridgehead atoms. The number of aromatic nitrogens is 1. The van der Waals surface area contributed by atoms with E-state index in [-0.39, 0.29) is 6.03 Å². The summed E-state index contributed by atoms with van der Waals surface area (Å²) in [5, 5.41) is 4.68. The third-order valence-electron chi connectivity index (χ3n) is 3.27. The summed E-state index contributed by atoms with van der Waals surface area (Å²) in [5.74, 6) is 0. The summed E-state index contributed by atoms with van der Waals surface area (Å²) in [6.45, 7) is 3.43. The number of benzene rings is 1. The average molecular weight is 318 g/mol. The highest BCUT2D eigenvalue weighted by Gasteiger charge is 2.14. The normalized spacial score (nSPS) is 10.8. The van der Waals surface area contributed by atoms with E-state index in [0.717, 1.165) is 27.8 Å². The predicted octanol–water partition coefficient (Wildman–Crippen LogP) is 3.14. The maximum absolute atomic E-state index is 12.2. The van der Waals surface area contributed by atoms with Crippen molar-refractivity contribution in [3.05, 3.63) is 36.0 Å². The summed E-state index contributed by atoms with van der Waals surface area (Å²) < 4.78 is 0. The standard InChI is InChI=1S/C16H22N4OS/c1-12-14(18-16(21)20(4)11-10-19(2)3)22-15(17-12)13-8-6-5-7-9-13/h5-9H,10-11H2,1-4H3,(H,18,21). The van der Waals surface area contributed by atoms with Crippen molar-refractivity contribution < 1.29 is 4.79 Å². The van der Waals surface area contributed by atoms with Crippen molar-refractivity contribution in [2.24, 2.45) is 0 Å². The quantitative estimate of drug-likeness (QED) is 0.921. The summed E-state index contributed by atoms with van der Waals surface area (Å²) >= 11 is 1.50. The van der Waals surface area contributed by atoms with Gasteiger partial charge in [-0.1, -0.05) is 41.7 Å². The SMILES string of the molecule is Cc1nc(-c2ccccc2)sc1NC(=O)N(C)CCN(C)C. The molecule has 0 aliphatic rings. The van der Waals surface area contributed by atoms with Gasteiger partial charge in [0, 0.05) is 25.7 Å². The van der Waals surface area contributed by atoms with Crippen LogP contribution in [-0.4, -0.2) is 55.0 Å². The van der Waals surface area contributed by atoms with Gasteiger partial charge in [0.2, 0.25) is 0 Å². The Morgan fingerprint density at radius 1 is 1.18 bits per heavy atom. The number of rotatable bonds is 5. The molecule has 1 aromatic carbocycles. The van der Waals surface area contributed by atoms with Gasteiger partial charge in [-0.2, -0.15) is 0 Å². The van der Waals surface area contributed by atoms with Gasteiger partial charge in [0.15, 0.2) is 0 Å². The molecular formula is C16H22N4OS. The van der Waals surface area contributed by atoms with Gasteiger partial charge in [0.1, 0.15) is 10.0 Å². The van der Waals surface area contributed by atoms with E-state index < -0.39 is 0 Å². The summed E-state index contributed by atoms with van der Waals surface area (Å²) in [6, 6.07) is 9.89. The number of carbonyl (C=O) groups excluding carboxylic acids is 1. The summed E-state index contributed by atoms with van der Waals surface area (Å²) in [7, 11) is 5.78. The van der Waals surface area contributed by atoms with E-state index in [1.165, 1.54) is 11.3 Å². The van der Waals surface area contributed by atoms with Gasteiger partial charge >= 0.3 is 6.03 Å². The molecule has 2 amide bonds. The van der Waals surface area contributed by atoms with Crippen LogP contribution in [0.5, 0.6) is 0 Å². The zero-order valence-corrected chi connectivity index (χ0v) is 14.3. The van der Waals surface area contributed by atoms with Crippen molar-refractivity contribution in [1.29, 1.82) is 0 Å². The highest BCUT2D eigenvalue weighted by Crippen LogP contribution is 2.31. The van der Waals surface area contributed by atoms with Crippen molar-refractivity contribution in [3.63, 3.8) is 0 Å². The minimum Gasteiger partial charge on any atom is -0.326 e. The molecule has 2 rings (SSSR count). The Hall–Kier alpha value is -1.92. The maximum Gasteiger partial charge on any atom is 0.322 e. The molecule has 1 heterocycles. The van der Waals surface area contributed by atoms with Crippen molar-refractivity contribution in [2.45, 2.75) is 6.92 Å². The Morgan fingerprint density at radius 3 is 2.50 bits per heavy atom. The van der Waals surface area contributed by atoms with Crippen LogP contribution in [0, 0.1) is 6.92 Å². The number of hydrogen-bond donors (Lipinski definition) is 1. The molecule has 1 aromatic heterocycles. The molecule has 6 heteroatoms. The Bertz CT molecular complexity index is 624. The number of likely N-dealkylation sites (N-methyl/N-ethyl adjacent to an activating group) is 2. The molecule has 0 spiro atoms. The number of aryl methyl sites for hydroxylation is 1. The predicted molar refractivity (Wildman–Crippen MR) is 92.5 cm³/mol. The second-order valence-corrected chi connectivity index (χ2v) is 6.45.